The maximum atomic E-state index is 13.8. The number of likely N-dealkylation sites (N-methyl/N-ethyl adjacent to an activating group) is 1. The molecule has 0 saturated carbocycles. The van der Waals surface area contributed by atoms with Crippen molar-refractivity contribution in [3.63, 3.8) is 0 Å². The second-order valence-electron chi connectivity index (χ2n) is 5.01. The number of piperidine rings is 1. The molecule has 1 aliphatic rings. The summed E-state index contributed by atoms with van der Waals surface area (Å²) in [5, 5.41) is 3.46. The Labute approximate surface area is 124 Å². The Hall–Kier alpha value is -0.690. The van der Waals surface area contributed by atoms with Gasteiger partial charge < -0.3 is 5.32 Å². The maximum absolute atomic E-state index is 13.8. The van der Waals surface area contributed by atoms with Gasteiger partial charge in [0.1, 0.15) is 10.7 Å². The standard InChI is InChI=1S/C13H18ClFN2O2S/c1-17(9-11-4-2-3-7-16-11)20(18,19)13-6-5-10(14)8-12(13)15/h5-6,8,11,16H,2-4,7,9H2,1H3. The molecule has 0 radical (unpaired) electrons. The van der Waals surface area contributed by atoms with Gasteiger partial charge in [-0.1, -0.05) is 18.0 Å². The van der Waals surface area contributed by atoms with E-state index in [-0.39, 0.29) is 16.0 Å². The zero-order chi connectivity index (χ0) is 14.8. The zero-order valence-corrected chi connectivity index (χ0v) is 12.8. The fourth-order valence-electron chi connectivity index (χ4n) is 2.34. The first-order chi connectivity index (χ1) is 9.41. The molecule has 112 valence electrons. The van der Waals surface area contributed by atoms with Crippen LogP contribution in [0.1, 0.15) is 19.3 Å². The molecule has 0 amide bonds. The predicted molar refractivity (Wildman–Crippen MR) is 76.9 cm³/mol. The van der Waals surface area contributed by atoms with Crippen molar-refractivity contribution in [3.05, 3.63) is 29.0 Å². The van der Waals surface area contributed by atoms with E-state index in [0.717, 1.165) is 31.9 Å². The van der Waals surface area contributed by atoms with Crippen LogP contribution in [0, 0.1) is 5.82 Å². The minimum absolute atomic E-state index is 0.124. The van der Waals surface area contributed by atoms with Gasteiger partial charge in [-0.2, -0.15) is 4.31 Å². The van der Waals surface area contributed by atoms with Gasteiger partial charge in [-0.25, -0.2) is 12.8 Å². The monoisotopic (exact) mass is 320 g/mol. The number of nitrogens with one attached hydrogen (secondary N) is 1. The van der Waals surface area contributed by atoms with Crippen molar-refractivity contribution in [3.8, 4) is 0 Å². The molecule has 1 N–H and O–H groups in total. The summed E-state index contributed by atoms with van der Waals surface area (Å²) in [5.41, 5.74) is 0. The number of hydrogen-bond donors (Lipinski definition) is 1. The van der Waals surface area contributed by atoms with E-state index in [4.69, 9.17) is 11.6 Å². The first kappa shape index (κ1) is 15.7. The molecule has 1 fully saturated rings. The topological polar surface area (TPSA) is 49.4 Å². The minimum atomic E-state index is -3.83. The minimum Gasteiger partial charge on any atom is -0.313 e. The number of hydrogen-bond acceptors (Lipinski definition) is 3. The van der Waals surface area contributed by atoms with Crippen molar-refractivity contribution in [2.24, 2.45) is 0 Å². The van der Waals surface area contributed by atoms with Crippen LogP contribution < -0.4 is 5.32 Å². The molecule has 1 saturated heterocycles. The molecule has 7 heteroatoms. The van der Waals surface area contributed by atoms with Crippen molar-refractivity contribution in [1.82, 2.24) is 9.62 Å². The lowest BCUT2D eigenvalue weighted by Crippen LogP contribution is -2.44. The normalized spacial score (nSPS) is 20.3. The quantitative estimate of drug-likeness (QED) is 0.925. The average Bonchev–Trinajstić information content (AvgIpc) is 2.39. The lowest BCUT2D eigenvalue weighted by atomic mass is 10.1. The molecule has 2 rings (SSSR count). The van der Waals surface area contributed by atoms with Crippen LogP contribution in [0.4, 0.5) is 4.39 Å². The molecular formula is C13H18ClFN2O2S. The molecule has 1 atom stereocenters. The van der Waals surface area contributed by atoms with Gasteiger partial charge in [-0.05, 0) is 37.6 Å². The predicted octanol–water partition coefficient (Wildman–Crippen LogP) is 2.24. The lowest BCUT2D eigenvalue weighted by molar-refractivity contribution is 0.337. The van der Waals surface area contributed by atoms with Crippen LogP contribution in [0.15, 0.2) is 23.1 Å². The number of rotatable bonds is 4. The van der Waals surface area contributed by atoms with Crippen molar-refractivity contribution in [2.45, 2.75) is 30.2 Å². The number of benzene rings is 1. The smallest absolute Gasteiger partial charge is 0.245 e. The van der Waals surface area contributed by atoms with E-state index < -0.39 is 15.8 Å². The average molecular weight is 321 g/mol. The second kappa shape index (κ2) is 6.39. The molecule has 0 aromatic heterocycles. The molecule has 0 spiro atoms. The van der Waals surface area contributed by atoms with Gasteiger partial charge >= 0.3 is 0 Å². The van der Waals surface area contributed by atoms with Gasteiger partial charge in [0.15, 0.2) is 0 Å². The largest absolute Gasteiger partial charge is 0.313 e. The Morgan fingerprint density at radius 2 is 2.20 bits per heavy atom. The molecule has 20 heavy (non-hydrogen) atoms. The van der Waals surface area contributed by atoms with Gasteiger partial charge in [0.25, 0.3) is 0 Å². The van der Waals surface area contributed by atoms with Gasteiger partial charge in [0.05, 0.1) is 0 Å². The van der Waals surface area contributed by atoms with Gasteiger partial charge in [-0.3, -0.25) is 0 Å². The van der Waals surface area contributed by atoms with Crippen LogP contribution in [-0.2, 0) is 10.0 Å². The van der Waals surface area contributed by atoms with Gasteiger partial charge in [0.2, 0.25) is 10.0 Å². The Bertz CT molecular complexity index is 574. The third-order valence-electron chi connectivity index (χ3n) is 3.47. The van der Waals surface area contributed by atoms with Crippen molar-refractivity contribution >= 4 is 21.6 Å². The van der Waals surface area contributed by atoms with Crippen molar-refractivity contribution in [1.29, 1.82) is 0 Å². The molecule has 1 aliphatic heterocycles. The summed E-state index contributed by atoms with van der Waals surface area (Å²) in [7, 11) is -2.35. The molecule has 4 nitrogen and oxygen atoms in total. The van der Waals surface area contributed by atoms with Crippen LogP contribution >= 0.6 is 11.6 Å². The van der Waals surface area contributed by atoms with E-state index in [1.807, 2.05) is 0 Å². The summed E-state index contributed by atoms with van der Waals surface area (Å²) in [6.45, 7) is 1.23. The van der Waals surface area contributed by atoms with E-state index in [2.05, 4.69) is 5.32 Å². The summed E-state index contributed by atoms with van der Waals surface area (Å²) in [4.78, 5) is -0.333. The Kier molecular flexibility index (Phi) is 5.01. The van der Waals surface area contributed by atoms with E-state index in [1.54, 1.807) is 0 Å². The summed E-state index contributed by atoms with van der Waals surface area (Å²) >= 11 is 5.64. The Morgan fingerprint density at radius 1 is 1.45 bits per heavy atom. The SMILES string of the molecule is CN(CC1CCCCN1)S(=O)(=O)c1ccc(Cl)cc1F. The summed E-state index contributed by atoms with van der Waals surface area (Å²) in [6.07, 6.45) is 3.13. The lowest BCUT2D eigenvalue weighted by Gasteiger charge is -2.27. The molecular weight excluding hydrogens is 303 g/mol. The van der Waals surface area contributed by atoms with E-state index in [1.165, 1.54) is 23.5 Å². The second-order valence-corrected chi connectivity index (χ2v) is 7.46. The number of sulfonamides is 1. The van der Waals surface area contributed by atoms with Crippen LogP contribution in [0.5, 0.6) is 0 Å². The molecule has 1 aromatic rings. The first-order valence-corrected chi connectivity index (χ1v) is 8.38. The highest BCUT2D eigenvalue weighted by molar-refractivity contribution is 7.89. The Balaban J connectivity index is 2.16. The Morgan fingerprint density at radius 3 is 2.80 bits per heavy atom. The maximum Gasteiger partial charge on any atom is 0.245 e. The van der Waals surface area contributed by atoms with E-state index >= 15 is 0 Å². The molecule has 0 bridgehead atoms. The van der Waals surface area contributed by atoms with Crippen molar-refractivity contribution in [2.75, 3.05) is 20.1 Å². The molecule has 1 aromatic carbocycles. The number of halogens is 2. The third-order valence-corrected chi connectivity index (χ3v) is 5.56. The fraction of sp³-hybridized carbons (Fsp3) is 0.538. The van der Waals surface area contributed by atoms with Crippen LogP contribution in [-0.4, -0.2) is 38.9 Å². The third kappa shape index (κ3) is 3.49. The summed E-state index contributed by atoms with van der Waals surface area (Å²) in [5.74, 6) is -0.819. The highest BCUT2D eigenvalue weighted by atomic mass is 35.5. The van der Waals surface area contributed by atoms with Crippen LogP contribution in [0.3, 0.4) is 0 Å². The summed E-state index contributed by atoms with van der Waals surface area (Å²) < 4.78 is 39.7. The first-order valence-electron chi connectivity index (χ1n) is 6.56. The van der Waals surface area contributed by atoms with Gasteiger partial charge in [-0.15, -0.1) is 0 Å². The fourth-order valence-corrected chi connectivity index (χ4v) is 3.76. The van der Waals surface area contributed by atoms with Crippen molar-refractivity contribution < 1.29 is 12.8 Å². The van der Waals surface area contributed by atoms with Crippen LogP contribution in [0.2, 0.25) is 5.02 Å². The van der Waals surface area contributed by atoms with E-state index in [9.17, 15) is 12.8 Å². The van der Waals surface area contributed by atoms with E-state index in [0.29, 0.717) is 6.54 Å². The van der Waals surface area contributed by atoms with Crippen LogP contribution in [0.25, 0.3) is 0 Å². The molecule has 0 aliphatic carbocycles. The summed E-state index contributed by atoms with van der Waals surface area (Å²) in [6, 6.07) is 3.72. The molecule has 1 unspecified atom stereocenters. The zero-order valence-electron chi connectivity index (χ0n) is 11.3. The highest BCUT2D eigenvalue weighted by Gasteiger charge is 2.27. The van der Waals surface area contributed by atoms with Gasteiger partial charge in [0, 0.05) is 24.7 Å². The molecule has 1 heterocycles. The number of nitrogens with zero attached hydrogens (tertiary/aromatic N) is 1. The highest BCUT2D eigenvalue weighted by Crippen LogP contribution is 2.22.